The van der Waals surface area contributed by atoms with Gasteiger partial charge in [-0.3, -0.25) is 0 Å². The first kappa shape index (κ1) is 14.9. The van der Waals surface area contributed by atoms with Crippen molar-refractivity contribution in [1.82, 2.24) is 14.9 Å². The summed E-state index contributed by atoms with van der Waals surface area (Å²) in [7, 11) is 0. The molecule has 0 amide bonds. The molecule has 0 unspecified atom stereocenters. The van der Waals surface area contributed by atoms with Crippen LogP contribution in [0.15, 0.2) is 59.8 Å². The van der Waals surface area contributed by atoms with E-state index in [1.807, 2.05) is 42.5 Å². The van der Waals surface area contributed by atoms with Gasteiger partial charge in [-0.2, -0.15) is 0 Å². The third-order valence-corrected chi connectivity index (χ3v) is 4.52. The van der Waals surface area contributed by atoms with Gasteiger partial charge in [0.05, 0.1) is 5.02 Å². The van der Waals surface area contributed by atoms with Crippen molar-refractivity contribution in [3.05, 3.63) is 65.2 Å². The standard InChI is InChI=1S/C16H15ClN4S/c17-14-9-5-4-8-13(14)15-19-20-16(21(15)18)22-11-10-12-6-2-1-3-7-12/h1-9H,10-11,18H2. The fourth-order valence-corrected chi connectivity index (χ4v) is 3.17. The molecule has 0 saturated carbocycles. The van der Waals surface area contributed by atoms with Crippen LogP contribution in [0.2, 0.25) is 5.02 Å². The quantitative estimate of drug-likeness (QED) is 0.573. The lowest BCUT2D eigenvalue weighted by Gasteiger charge is -2.05. The van der Waals surface area contributed by atoms with Crippen molar-refractivity contribution in [3.8, 4) is 11.4 Å². The number of halogens is 1. The number of nitrogen functional groups attached to an aromatic ring is 1. The maximum atomic E-state index is 6.18. The molecule has 3 rings (SSSR count). The average molecular weight is 331 g/mol. The summed E-state index contributed by atoms with van der Waals surface area (Å²) in [6.07, 6.45) is 0.958. The van der Waals surface area contributed by atoms with Crippen molar-refractivity contribution in [2.45, 2.75) is 11.6 Å². The summed E-state index contributed by atoms with van der Waals surface area (Å²) in [6, 6.07) is 17.8. The summed E-state index contributed by atoms with van der Waals surface area (Å²) in [5.74, 6) is 7.56. The second kappa shape index (κ2) is 6.85. The van der Waals surface area contributed by atoms with E-state index in [2.05, 4.69) is 22.3 Å². The molecule has 4 nitrogen and oxygen atoms in total. The summed E-state index contributed by atoms with van der Waals surface area (Å²) in [5.41, 5.74) is 2.08. The molecule has 1 heterocycles. The van der Waals surface area contributed by atoms with Crippen LogP contribution < -0.4 is 5.84 Å². The number of thioether (sulfide) groups is 1. The Morgan fingerprint density at radius 3 is 2.50 bits per heavy atom. The molecular formula is C16H15ClN4S. The van der Waals surface area contributed by atoms with E-state index >= 15 is 0 Å². The molecule has 112 valence electrons. The summed E-state index contributed by atoms with van der Waals surface area (Å²) in [4.78, 5) is 0. The monoisotopic (exact) mass is 330 g/mol. The van der Waals surface area contributed by atoms with Gasteiger partial charge in [-0.25, -0.2) is 4.68 Å². The highest BCUT2D eigenvalue weighted by molar-refractivity contribution is 7.99. The van der Waals surface area contributed by atoms with Gasteiger partial charge in [0.1, 0.15) is 0 Å². The Balaban J connectivity index is 1.70. The van der Waals surface area contributed by atoms with E-state index in [-0.39, 0.29) is 0 Å². The highest BCUT2D eigenvalue weighted by Crippen LogP contribution is 2.27. The predicted molar refractivity (Wildman–Crippen MR) is 91.5 cm³/mol. The first-order valence-corrected chi connectivity index (χ1v) is 8.24. The first-order valence-electron chi connectivity index (χ1n) is 6.88. The summed E-state index contributed by atoms with van der Waals surface area (Å²) >= 11 is 7.77. The maximum Gasteiger partial charge on any atom is 0.210 e. The number of rotatable bonds is 5. The maximum absolute atomic E-state index is 6.18. The lowest BCUT2D eigenvalue weighted by atomic mass is 10.2. The van der Waals surface area contributed by atoms with Crippen LogP contribution in [0.25, 0.3) is 11.4 Å². The first-order chi connectivity index (χ1) is 10.8. The van der Waals surface area contributed by atoms with E-state index in [9.17, 15) is 0 Å². The predicted octanol–water partition coefficient (Wildman–Crippen LogP) is 3.65. The molecule has 1 aromatic heterocycles. The van der Waals surface area contributed by atoms with Crippen LogP contribution in [0, 0.1) is 0 Å². The zero-order valence-electron chi connectivity index (χ0n) is 11.8. The third-order valence-electron chi connectivity index (χ3n) is 3.24. The molecular weight excluding hydrogens is 316 g/mol. The molecule has 0 fully saturated rings. The minimum Gasteiger partial charge on any atom is -0.335 e. The van der Waals surface area contributed by atoms with Gasteiger partial charge in [-0.1, -0.05) is 65.8 Å². The molecule has 0 aliphatic rings. The van der Waals surface area contributed by atoms with E-state index in [1.54, 1.807) is 11.8 Å². The van der Waals surface area contributed by atoms with Crippen molar-refractivity contribution in [1.29, 1.82) is 0 Å². The summed E-state index contributed by atoms with van der Waals surface area (Å²) < 4.78 is 1.50. The topological polar surface area (TPSA) is 56.7 Å². The number of nitrogens with zero attached hydrogens (tertiary/aromatic N) is 3. The van der Waals surface area contributed by atoms with Gasteiger partial charge in [-0.05, 0) is 24.1 Å². The molecule has 3 aromatic rings. The number of aromatic nitrogens is 3. The van der Waals surface area contributed by atoms with Crippen molar-refractivity contribution in [2.75, 3.05) is 11.6 Å². The van der Waals surface area contributed by atoms with Gasteiger partial charge in [0.2, 0.25) is 5.16 Å². The second-order valence-electron chi connectivity index (χ2n) is 4.74. The molecule has 22 heavy (non-hydrogen) atoms. The lowest BCUT2D eigenvalue weighted by Crippen LogP contribution is -2.12. The van der Waals surface area contributed by atoms with Crippen LogP contribution in [0.5, 0.6) is 0 Å². The van der Waals surface area contributed by atoms with Gasteiger partial charge in [0, 0.05) is 11.3 Å². The van der Waals surface area contributed by atoms with Gasteiger partial charge in [0.25, 0.3) is 0 Å². The average Bonchev–Trinajstić information content (AvgIpc) is 2.90. The van der Waals surface area contributed by atoms with Crippen LogP contribution in [0.3, 0.4) is 0 Å². The highest BCUT2D eigenvalue weighted by Gasteiger charge is 2.14. The van der Waals surface area contributed by atoms with Crippen molar-refractivity contribution in [3.63, 3.8) is 0 Å². The number of hydrogen-bond donors (Lipinski definition) is 1. The second-order valence-corrected chi connectivity index (χ2v) is 6.21. The minimum atomic E-state index is 0.577. The van der Waals surface area contributed by atoms with Crippen LogP contribution in [-0.2, 0) is 6.42 Å². The van der Waals surface area contributed by atoms with Crippen LogP contribution in [0.1, 0.15) is 5.56 Å². The Bertz CT molecular complexity index is 758. The van der Waals surface area contributed by atoms with E-state index in [0.717, 1.165) is 17.7 Å². The number of hydrogen-bond acceptors (Lipinski definition) is 4. The zero-order valence-corrected chi connectivity index (χ0v) is 13.4. The van der Waals surface area contributed by atoms with Crippen molar-refractivity contribution >= 4 is 23.4 Å². The smallest absolute Gasteiger partial charge is 0.210 e. The molecule has 0 spiro atoms. The van der Waals surface area contributed by atoms with E-state index < -0.39 is 0 Å². The summed E-state index contributed by atoms with van der Waals surface area (Å²) in [6.45, 7) is 0. The number of benzene rings is 2. The molecule has 0 bridgehead atoms. The van der Waals surface area contributed by atoms with Crippen LogP contribution >= 0.6 is 23.4 Å². The number of nitrogens with two attached hydrogens (primary N) is 1. The Hall–Kier alpha value is -1.98. The Morgan fingerprint density at radius 1 is 1.00 bits per heavy atom. The van der Waals surface area contributed by atoms with E-state index in [0.29, 0.717) is 16.0 Å². The normalized spacial score (nSPS) is 10.8. The van der Waals surface area contributed by atoms with Gasteiger partial charge in [0.15, 0.2) is 5.82 Å². The van der Waals surface area contributed by atoms with Crippen LogP contribution in [0.4, 0.5) is 0 Å². The Kier molecular flexibility index (Phi) is 4.65. The molecule has 0 atom stereocenters. The Morgan fingerprint density at radius 2 is 1.73 bits per heavy atom. The molecule has 0 aliphatic carbocycles. The largest absolute Gasteiger partial charge is 0.335 e. The molecule has 0 aliphatic heterocycles. The molecule has 2 aromatic carbocycles. The summed E-state index contributed by atoms with van der Waals surface area (Å²) in [5, 5.41) is 9.61. The molecule has 2 N–H and O–H groups in total. The fourth-order valence-electron chi connectivity index (χ4n) is 2.11. The molecule has 0 radical (unpaired) electrons. The van der Waals surface area contributed by atoms with Crippen molar-refractivity contribution < 1.29 is 0 Å². The minimum absolute atomic E-state index is 0.577. The molecule has 6 heteroatoms. The van der Waals surface area contributed by atoms with Crippen molar-refractivity contribution in [2.24, 2.45) is 0 Å². The van der Waals surface area contributed by atoms with Gasteiger partial charge in [-0.15, -0.1) is 10.2 Å². The third kappa shape index (κ3) is 3.26. The highest BCUT2D eigenvalue weighted by atomic mass is 35.5. The molecule has 0 saturated heterocycles. The van der Waals surface area contributed by atoms with E-state index in [1.165, 1.54) is 10.2 Å². The van der Waals surface area contributed by atoms with Gasteiger partial charge >= 0.3 is 0 Å². The SMILES string of the molecule is Nn1c(SCCc2ccccc2)nnc1-c1ccccc1Cl. The van der Waals surface area contributed by atoms with Gasteiger partial charge < -0.3 is 5.84 Å². The fraction of sp³-hybridized carbons (Fsp3) is 0.125. The number of aryl methyl sites for hydroxylation is 1. The zero-order chi connectivity index (χ0) is 15.4. The van der Waals surface area contributed by atoms with Crippen LogP contribution in [-0.4, -0.2) is 20.6 Å². The Labute approximate surface area is 138 Å². The van der Waals surface area contributed by atoms with E-state index in [4.69, 9.17) is 17.4 Å². The lowest BCUT2D eigenvalue weighted by molar-refractivity contribution is 0.849.